The molecule has 0 bridgehead atoms. The topological polar surface area (TPSA) is 81.5 Å². The number of urea groups is 1. The summed E-state index contributed by atoms with van der Waals surface area (Å²) in [6.07, 6.45) is 0.880. The van der Waals surface area contributed by atoms with Crippen LogP contribution >= 0.6 is 0 Å². The lowest BCUT2D eigenvalue weighted by Crippen LogP contribution is -2.51. The number of rotatable bonds is 4. The van der Waals surface area contributed by atoms with Crippen molar-refractivity contribution >= 4 is 11.8 Å². The van der Waals surface area contributed by atoms with E-state index in [0.717, 1.165) is 24.3 Å². The minimum atomic E-state index is -0.0199. The van der Waals surface area contributed by atoms with E-state index in [2.05, 4.69) is 21.3 Å². The van der Waals surface area contributed by atoms with Crippen molar-refractivity contribution in [3.63, 3.8) is 0 Å². The molecule has 23 heavy (non-hydrogen) atoms. The molecule has 0 radical (unpaired) electrons. The van der Waals surface area contributed by atoms with Crippen LogP contribution in [-0.4, -0.2) is 61.3 Å². The van der Waals surface area contributed by atoms with Gasteiger partial charge >= 0.3 is 6.03 Å². The summed E-state index contributed by atoms with van der Waals surface area (Å²) < 4.78 is 5.09. The monoisotopic (exact) mass is 315 g/mol. The number of methoxy groups -OCH3 is 1. The van der Waals surface area contributed by atoms with Crippen LogP contribution in [0.15, 0.2) is 12.1 Å². The predicted molar refractivity (Wildman–Crippen MR) is 85.2 cm³/mol. The van der Waals surface area contributed by atoms with Gasteiger partial charge < -0.3 is 19.9 Å². The van der Waals surface area contributed by atoms with E-state index >= 15 is 0 Å². The summed E-state index contributed by atoms with van der Waals surface area (Å²) in [6.45, 7) is 4.57. The molecule has 0 aliphatic carbocycles. The van der Waals surface area contributed by atoms with Gasteiger partial charge in [0.25, 0.3) is 0 Å². The molecular formula is C16H21N5O2. The van der Waals surface area contributed by atoms with E-state index in [1.54, 1.807) is 7.11 Å². The molecule has 2 fully saturated rings. The Morgan fingerprint density at radius 2 is 2.35 bits per heavy atom. The van der Waals surface area contributed by atoms with Gasteiger partial charge in [0.15, 0.2) is 0 Å². The van der Waals surface area contributed by atoms with Gasteiger partial charge in [-0.15, -0.1) is 0 Å². The van der Waals surface area contributed by atoms with Crippen molar-refractivity contribution in [2.45, 2.75) is 25.4 Å². The molecule has 3 rings (SSSR count). The molecular weight excluding hydrogens is 294 g/mol. The first-order chi connectivity index (χ1) is 11.1. The Bertz CT molecular complexity index is 642. The Morgan fingerprint density at radius 1 is 1.52 bits per heavy atom. The van der Waals surface area contributed by atoms with Gasteiger partial charge in [-0.05, 0) is 25.0 Å². The van der Waals surface area contributed by atoms with Crippen molar-refractivity contribution in [2.75, 3.05) is 38.3 Å². The van der Waals surface area contributed by atoms with Gasteiger partial charge in [-0.1, -0.05) is 6.07 Å². The van der Waals surface area contributed by atoms with E-state index in [1.165, 1.54) is 0 Å². The number of nitrogens with one attached hydrogen (secondary N) is 1. The van der Waals surface area contributed by atoms with E-state index in [9.17, 15) is 4.79 Å². The first-order valence-electron chi connectivity index (χ1n) is 7.83. The lowest BCUT2D eigenvalue weighted by Gasteiger charge is -2.37. The third-order valence-electron chi connectivity index (χ3n) is 4.59. The maximum absolute atomic E-state index is 12.1. The van der Waals surface area contributed by atoms with Crippen LogP contribution in [0.2, 0.25) is 0 Å². The number of anilines is 1. The summed E-state index contributed by atoms with van der Waals surface area (Å²) in [4.78, 5) is 20.6. The first-order valence-corrected chi connectivity index (χ1v) is 7.83. The molecule has 2 aliphatic rings. The fourth-order valence-corrected chi connectivity index (χ4v) is 3.32. The smallest absolute Gasteiger partial charge is 0.318 e. The molecule has 2 amide bonds. The summed E-state index contributed by atoms with van der Waals surface area (Å²) in [5, 5.41) is 12.2. The van der Waals surface area contributed by atoms with Crippen LogP contribution in [-0.2, 0) is 4.74 Å². The molecule has 2 atom stereocenters. The minimum absolute atomic E-state index is 0.0199. The second-order valence-corrected chi connectivity index (χ2v) is 5.99. The minimum Gasteiger partial charge on any atom is -0.383 e. The third-order valence-corrected chi connectivity index (χ3v) is 4.59. The van der Waals surface area contributed by atoms with Crippen LogP contribution in [0.4, 0.5) is 10.6 Å². The standard InChI is InChI=1S/C16H21N5O2/c1-11-3-4-15(18-12(11)9-17)20-6-5-14-13(10-20)19-16(22)21(14)7-8-23-2/h3-4,13-14H,5-8,10H2,1-2H3,(H,19,22)/t13-,14+/m1/s1. The zero-order chi connectivity index (χ0) is 16.4. The third kappa shape index (κ3) is 2.94. The molecule has 0 aromatic carbocycles. The molecule has 0 unspecified atom stereocenters. The van der Waals surface area contributed by atoms with Crippen LogP contribution < -0.4 is 10.2 Å². The highest BCUT2D eigenvalue weighted by atomic mass is 16.5. The molecule has 122 valence electrons. The molecule has 2 saturated heterocycles. The predicted octanol–water partition coefficient (Wildman–Crippen LogP) is 0.881. The lowest BCUT2D eigenvalue weighted by atomic mass is 10.00. The number of carbonyl (C=O) groups is 1. The molecule has 7 nitrogen and oxygen atoms in total. The SMILES string of the molecule is COCCN1C(=O)N[C@@H]2CN(c3ccc(C)c(C#N)n3)CC[C@@H]21. The van der Waals surface area contributed by atoms with Gasteiger partial charge in [0.1, 0.15) is 17.6 Å². The number of ether oxygens (including phenoxy) is 1. The molecule has 2 aliphatic heterocycles. The van der Waals surface area contributed by atoms with Crippen LogP contribution in [0, 0.1) is 18.3 Å². The number of pyridine rings is 1. The zero-order valence-corrected chi connectivity index (χ0v) is 13.5. The summed E-state index contributed by atoms with van der Waals surface area (Å²) in [5.41, 5.74) is 1.34. The Hall–Kier alpha value is -2.33. The molecule has 1 N–H and O–H groups in total. The Balaban J connectivity index is 1.72. The Kier molecular flexibility index (Phi) is 4.35. The van der Waals surface area contributed by atoms with Gasteiger partial charge in [0.2, 0.25) is 0 Å². The van der Waals surface area contributed by atoms with Gasteiger partial charge in [-0.3, -0.25) is 0 Å². The first kappa shape index (κ1) is 15.6. The number of hydrogen-bond donors (Lipinski definition) is 1. The number of nitrogens with zero attached hydrogens (tertiary/aromatic N) is 4. The van der Waals surface area contributed by atoms with Crippen molar-refractivity contribution in [1.29, 1.82) is 5.26 Å². The second-order valence-electron chi connectivity index (χ2n) is 5.99. The summed E-state index contributed by atoms with van der Waals surface area (Å²) in [6, 6.07) is 6.26. The molecule has 3 heterocycles. The highest BCUT2D eigenvalue weighted by molar-refractivity contribution is 5.78. The van der Waals surface area contributed by atoms with Crippen molar-refractivity contribution in [3.05, 3.63) is 23.4 Å². The molecule has 0 spiro atoms. The van der Waals surface area contributed by atoms with Crippen LogP contribution in [0.1, 0.15) is 17.7 Å². The number of hydrogen-bond acceptors (Lipinski definition) is 5. The van der Waals surface area contributed by atoms with Crippen molar-refractivity contribution in [1.82, 2.24) is 15.2 Å². The van der Waals surface area contributed by atoms with Crippen molar-refractivity contribution in [2.24, 2.45) is 0 Å². The number of piperidine rings is 1. The molecule has 1 aromatic rings. The normalized spacial score (nSPS) is 23.4. The fourth-order valence-electron chi connectivity index (χ4n) is 3.32. The van der Waals surface area contributed by atoms with Crippen LogP contribution in [0.25, 0.3) is 0 Å². The number of aryl methyl sites for hydroxylation is 1. The van der Waals surface area contributed by atoms with Gasteiger partial charge in [-0.25, -0.2) is 9.78 Å². The van der Waals surface area contributed by atoms with Gasteiger partial charge in [-0.2, -0.15) is 5.26 Å². The largest absolute Gasteiger partial charge is 0.383 e. The fraction of sp³-hybridized carbons (Fsp3) is 0.562. The van der Waals surface area contributed by atoms with Crippen molar-refractivity contribution < 1.29 is 9.53 Å². The lowest BCUT2D eigenvalue weighted by molar-refractivity contribution is 0.140. The molecule has 7 heteroatoms. The average molecular weight is 315 g/mol. The highest BCUT2D eigenvalue weighted by Gasteiger charge is 2.42. The maximum atomic E-state index is 12.1. The van der Waals surface area contributed by atoms with Crippen LogP contribution in [0.5, 0.6) is 0 Å². The number of nitriles is 1. The summed E-state index contributed by atoms with van der Waals surface area (Å²) in [7, 11) is 1.64. The molecule has 1 aromatic heterocycles. The summed E-state index contributed by atoms with van der Waals surface area (Å²) >= 11 is 0. The van der Waals surface area contributed by atoms with E-state index in [4.69, 9.17) is 10.00 Å². The number of carbonyl (C=O) groups excluding carboxylic acids is 1. The number of fused-ring (bicyclic) bond motifs is 1. The van der Waals surface area contributed by atoms with E-state index in [0.29, 0.717) is 25.4 Å². The molecule has 0 saturated carbocycles. The Morgan fingerprint density at radius 3 is 3.09 bits per heavy atom. The number of amides is 2. The van der Waals surface area contributed by atoms with E-state index in [1.807, 2.05) is 24.0 Å². The second kappa shape index (κ2) is 6.42. The quantitative estimate of drug-likeness (QED) is 0.892. The van der Waals surface area contributed by atoms with Gasteiger partial charge in [0, 0.05) is 26.7 Å². The average Bonchev–Trinajstić information content (AvgIpc) is 2.87. The number of aromatic nitrogens is 1. The zero-order valence-electron chi connectivity index (χ0n) is 13.5. The summed E-state index contributed by atoms with van der Waals surface area (Å²) in [5.74, 6) is 0.801. The Labute approximate surface area is 135 Å². The van der Waals surface area contributed by atoms with E-state index in [-0.39, 0.29) is 18.1 Å². The van der Waals surface area contributed by atoms with Crippen LogP contribution in [0.3, 0.4) is 0 Å². The maximum Gasteiger partial charge on any atom is 0.318 e. The van der Waals surface area contributed by atoms with Gasteiger partial charge in [0.05, 0.1) is 18.7 Å². The van der Waals surface area contributed by atoms with Crippen molar-refractivity contribution in [3.8, 4) is 6.07 Å². The highest BCUT2D eigenvalue weighted by Crippen LogP contribution is 2.26. The van der Waals surface area contributed by atoms with E-state index < -0.39 is 0 Å².